The lowest BCUT2D eigenvalue weighted by molar-refractivity contribution is -0.159. The molecular weight excluding hydrogens is 345 g/mol. The number of amides is 2. The molecule has 1 aromatic heterocycles. The molecular formula is C14H19F3N4O4. The number of rotatable bonds is 6. The molecule has 0 bridgehead atoms. The van der Waals surface area contributed by atoms with Crippen molar-refractivity contribution in [3.63, 3.8) is 0 Å². The van der Waals surface area contributed by atoms with Crippen LogP contribution < -0.4 is 5.32 Å². The van der Waals surface area contributed by atoms with E-state index in [0.717, 1.165) is 0 Å². The van der Waals surface area contributed by atoms with E-state index >= 15 is 0 Å². The first-order chi connectivity index (χ1) is 11.8. The van der Waals surface area contributed by atoms with Gasteiger partial charge in [0.25, 0.3) is 0 Å². The maximum absolute atomic E-state index is 12.3. The van der Waals surface area contributed by atoms with Crippen LogP contribution >= 0.6 is 0 Å². The van der Waals surface area contributed by atoms with Crippen molar-refractivity contribution in [1.29, 1.82) is 0 Å². The molecule has 0 unspecified atom stereocenters. The molecule has 2 amide bonds. The third-order valence-electron chi connectivity index (χ3n) is 3.84. The van der Waals surface area contributed by atoms with Crippen molar-refractivity contribution in [2.75, 3.05) is 33.4 Å². The van der Waals surface area contributed by atoms with Crippen molar-refractivity contribution >= 4 is 11.8 Å². The summed E-state index contributed by atoms with van der Waals surface area (Å²) in [5.74, 6) is -2.06. The Morgan fingerprint density at radius 2 is 2.04 bits per heavy atom. The molecule has 25 heavy (non-hydrogen) atoms. The average Bonchev–Trinajstić information content (AvgIpc) is 3.04. The van der Waals surface area contributed by atoms with Crippen LogP contribution in [-0.4, -0.2) is 60.2 Å². The van der Waals surface area contributed by atoms with Crippen LogP contribution in [0, 0.1) is 5.92 Å². The van der Waals surface area contributed by atoms with Crippen LogP contribution in [0.3, 0.4) is 0 Å². The molecule has 0 spiro atoms. The fraction of sp³-hybridized carbons (Fsp3) is 0.714. The maximum Gasteiger partial charge on any atom is 0.471 e. The Labute approximate surface area is 141 Å². The van der Waals surface area contributed by atoms with Crippen LogP contribution in [0.25, 0.3) is 0 Å². The minimum Gasteiger partial charge on any atom is -0.375 e. The van der Waals surface area contributed by atoms with Crippen molar-refractivity contribution in [2.24, 2.45) is 5.92 Å². The zero-order valence-corrected chi connectivity index (χ0v) is 13.6. The van der Waals surface area contributed by atoms with E-state index in [1.807, 2.05) is 0 Å². The van der Waals surface area contributed by atoms with Gasteiger partial charge in [-0.1, -0.05) is 5.16 Å². The summed E-state index contributed by atoms with van der Waals surface area (Å²) in [5.41, 5.74) is 0. The Morgan fingerprint density at radius 1 is 1.36 bits per heavy atom. The second-order valence-electron chi connectivity index (χ2n) is 5.64. The minimum atomic E-state index is -4.68. The Morgan fingerprint density at radius 3 is 2.60 bits per heavy atom. The summed E-state index contributed by atoms with van der Waals surface area (Å²) in [5, 5.41) is 5.87. The number of aromatic nitrogens is 2. The van der Waals surface area contributed by atoms with E-state index in [9.17, 15) is 22.8 Å². The van der Waals surface area contributed by atoms with Gasteiger partial charge in [-0.25, -0.2) is 0 Å². The second-order valence-corrected chi connectivity index (χ2v) is 5.64. The molecule has 11 heteroatoms. The predicted octanol–water partition coefficient (Wildman–Crippen LogP) is 0.632. The number of piperidine rings is 1. The lowest BCUT2D eigenvalue weighted by atomic mass is 9.96. The molecule has 0 radical (unpaired) electrons. The van der Waals surface area contributed by atoms with Gasteiger partial charge in [-0.15, -0.1) is 0 Å². The topological polar surface area (TPSA) is 97.6 Å². The number of ether oxygens (including phenoxy) is 1. The zero-order valence-electron chi connectivity index (χ0n) is 13.6. The van der Waals surface area contributed by atoms with E-state index in [-0.39, 0.29) is 43.1 Å². The number of nitrogens with zero attached hydrogens (tertiary/aromatic N) is 3. The monoisotopic (exact) mass is 364 g/mol. The molecule has 1 fully saturated rings. The van der Waals surface area contributed by atoms with Crippen molar-refractivity contribution in [1.82, 2.24) is 20.4 Å². The van der Waals surface area contributed by atoms with Crippen molar-refractivity contribution in [2.45, 2.75) is 25.4 Å². The first kappa shape index (κ1) is 19.2. The molecule has 2 rings (SSSR count). The molecule has 2 heterocycles. The number of halogens is 3. The molecule has 1 aliphatic heterocycles. The predicted molar refractivity (Wildman–Crippen MR) is 77.2 cm³/mol. The Bertz CT molecular complexity index is 597. The summed E-state index contributed by atoms with van der Waals surface area (Å²) in [7, 11) is 1.44. The quantitative estimate of drug-likeness (QED) is 0.795. The molecule has 1 saturated heterocycles. The van der Waals surface area contributed by atoms with Crippen LogP contribution in [0.1, 0.15) is 24.6 Å². The van der Waals surface area contributed by atoms with E-state index in [1.165, 1.54) is 7.11 Å². The average molecular weight is 364 g/mol. The molecule has 0 aliphatic carbocycles. The van der Waals surface area contributed by atoms with Gasteiger partial charge in [-0.05, 0) is 12.8 Å². The summed E-state index contributed by atoms with van der Waals surface area (Å²) in [6, 6.07) is 0. The van der Waals surface area contributed by atoms with E-state index in [2.05, 4.69) is 20.0 Å². The van der Waals surface area contributed by atoms with Crippen LogP contribution in [0.2, 0.25) is 0 Å². The van der Waals surface area contributed by atoms with E-state index < -0.39 is 12.1 Å². The second kappa shape index (κ2) is 8.28. The van der Waals surface area contributed by atoms with E-state index in [0.29, 0.717) is 25.9 Å². The van der Waals surface area contributed by atoms with Gasteiger partial charge in [0.05, 0.1) is 0 Å². The Hall–Kier alpha value is -2.17. The van der Waals surface area contributed by atoms with Gasteiger partial charge >= 0.3 is 12.1 Å². The first-order valence-corrected chi connectivity index (χ1v) is 7.75. The minimum absolute atomic E-state index is 0.0154. The fourth-order valence-corrected chi connectivity index (χ4v) is 2.52. The fourth-order valence-electron chi connectivity index (χ4n) is 2.52. The highest BCUT2D eigenvalue weighted by Gasteiger charge is 2.38. The first-order valence-electron chi connectivity index (χ1n) is 7.75. The standard InChI is InChI=1S/C14H19F3N4O4/c1-24-8-11(22)21-6-3-9(4-7-21)12(23)18-5-2-10-19-13(25-20-10)14(15,16)17/h9H,2-8H2,1H3,(H,18,23). The lowest BCUT2D eigenvalue weighted by Crippen LogP contribution is -2.44. The lowest BCUT2D eigenvalue weighted by Gasteiger charge is -2.31. The van der Waals surface area contributed by atoms with Crippen molar-refractivity contribution < 1.29 is 32.0 Å². The van der Waals surface area contributed by atoms with Gasteiger partial charge in [-0.3, -0.25) is 9.59 Å². The number of carbonyl (C=O) groups is 2. The number of likely N-dealkylation sites (tertiary alicyclic amines) is 1. The zero-order chi connectivity index (χ0) is 18.4. The highest BCUT2D eigenvalue weighted by molar-refractivity contribution is 5.80. The number of hydrogen-bond donors (Lipinski definition) is 1. The number of carbonyl (C=O) groups excluding carboxylic acids is 2. The molecule has 1 N–H and O–H groups in total. The van der Waals surface area contributed by atoms with E-state index in [1.54, 1.807) is 4.90 Å². The summed E-state index contributed by atoms with van der Waals surface area (Å²) in [6.07, 6.45) is -3.58. The number of methoxy groups -OCH3 is 1. The Kier molecular flexibility index (Phi) is 6.34. The summed E-state index contributed by atoms with van der Waals surface area (Å²) >= 11 is 0. The molecule has 0 atom stereocenters. The van der Waals surface area contributed by atoms with Gasteiger partial charge in [0, 0.05) is 39.1 Å². The molecule has 0 aromatic carbocycles. The molecule has 1 aliphatic rings. The molecule has 140 valence electrons. The van der Waals surface area contributed by atoms with Gasteiger partial charge in [0.2, 0.25) is 11.8 Å². The highest BCUT2D eigenvalue weighted by atomic mass is 19.4. The van der Waals surface area contributed by atoms with Crippen molar-refractivity contribution in [3.05, 3.63) is 11.7 Å². The summed E-state index contributed by atoms with van der Waals surface area (Å²) in [4.78, 5) is 28.6. The van der Waals surface area contributed by atoms with Gasteiger partial charge in [0.1, 0.15) is 6.61 Å². The van der Waals surface area contributed by atoms with Crippen LogP contribution in [0.5, 0.6) is 0 Å². The van der Waals surface area contributed by atoms with Crippen LogP contribution in [-0.2, 0) is 26.9 Å². The third-order valence-corrected chi connectivity index (χ3v) is 3.84. The summed E-state index contributed by atoms with van der Waals surface area (Å²) in [6.45, 7) is 1.07. The Balaban J connectivity index is 1.71. The third kappa shape index (κ3) is 5.41. The van der Waals surface area contributed by atoms with Gasteiger partial charge < -0.3 is 19.5 Å². The largest absolute Gasteiger partial charge is 0.471 e. The smallest absolute Gasteiger partial charge is 0.375 e. The number of alkyl halides is 3. The molecule has 8 nitrogen and oxygen atoms in total. The number of nitrogens with one attached hydrogen (secondary N) is 1. The highest BCUT2D eigenvalue weighted by Crippen LogP contribution is 2.27. The summed E-state index contributed by atoms with van der Waals surface area (Å²) < 4.78 is 45.9. The maximum atomic E-state index is 12.3. The molecule has 0 saturated carbocycles. The van der Waals surface area contributed by atoms with Crippen LogP contribution in [0.4, 0.5) is 13.2 Å². The van der Waals surface area contributed by atoms with Crippen molar-refractivity contribution in [3.8, 4) is 0 Å². The SMILES string of the molecule is COCC(=O)N1CCC(C(=O)NCCc2noc(C(F)(F)F)n2)CC1. The van der Waals surface area contributed by atoms with E-state index in [4.69, 9.17) is 4.74 Å². The van der Waals surface area contributed by atoms with Gasteiger partial charge in [0.15, 0.2) is 5.82 Å². The molecule has 1 aromatic rings. The number of hydrogen-bond acceptors (Lipinski definition) is 6. The normalized spacial score (nSPS) is 16.1. The van der Waals surface area contributed by atoms with Crippen LogP contribution in [0.15, 0.2) is 4.52 Å². The van der Waals surface area contributed by atoms with Gasteiger partial charge in [-0.2, -0.15) is 18.2 Å².